The summed E-state index contributed by atoms with van der Waals surface area (Å²) in [5, 5.41) is 0. The summed E-state index contributed by atoms with van der Waals surface area (Å²) in [4.78, 5) is 0. The quantitative estimate of drug-likeness (QED) is 0.134. The molecule has 0 bridgehead atoms. The molecule has 0 spiro atoms. The van der Waals surface area contributed by atoms with E-state index < -0.39 is 34.9 Å². The van der Waals surface area contributed by atoms with Gasteiger partial charge in [-0.3, -0.25) is 0 Å². The molecular formula is C26H28F6O3. The van der Waals surface area contributed by atoms with Crippen LogP contribution in [0.4, 0.5) is 26.3 Å². The molecule has 0 aromatic heterocycles. The number of hydrogen-bond acceptors (Lipinski definition) is 3. The smallest absolute Gasteiger partial charge is 0.134 e. The predicted molar refractivity (Wildman–Crippen MR) is 119 cm³/mol. The lowest BCUT2D eigenvalue weighted by molar-refractivity contribution is 0.112. The topological polar surface area (TPSA) is 27.7 Å². The molecule has 0 heterocycles. The first kappa shape index (κ1) is 28.5. The Hall–Kier alpha value is -2.78. The summed E-state index contributed by atoms with van der Waals surface area (Å²) in [7, 11) is 0. The lowest BCUT2D eigenvalue weighted by atomic mass is 10.2. The molecular weight excluding hydrogens is 474 g/mol. The summed E-state index contributed by atoms with van der Waals surface area (Å²) in [6.45, 7) is 0.142. The van der Waals surface area contributed by atoms with Gasteiger partial charge in [-0.15, -0.1) is 0 Å². The van der Waals surface area contributed by atoms with E-state index in [9.17, 15) is 26.3 Å². The zero-order valence-electron chi connectivity index (χ0n) is 19.2. The highest BCUT2D eigenvalue weighted by atomic mass is 19.2. The van der Waals surface area contributed by atoms with Crippen molar-refractivity contribution in [3.05, 3.63) is 95.0 Å². The highest BCUT2D eigenvalue weighted by Crippen LogP contribution is 2.17. The van der Waals surface area contributed by atoms with E-state index in [-0.39, 0.29) is 24.3 Å². The van der Waals surface area contributed by atoms with E-state index in [1.165, 1.54) is 0 Å². The highest BCUT2D eigenvalue weighted by molar-refractivity contribution is 5.20. The van der Waals surface area contributed by atoms with Gasteiger partial charge in [-0.2, -0.15) is 0 Å². The summed E-state index contributed by atoms with van der Waals surface area (Å²) in [5.74, 6) is -5.76. The fourth-order valence-electron chi connectivity index (χ4n) is 2.99. The summed E-state index contributed by atoms with van der Waals surface area (Å²) in [6.07, 6.45) is 11.2. The largest absolute Gasteiger partial charge is 0.473 e. The maximum atomic E-state index is 13.5. The first-order valence-corrected chi connectivity index (χ1v) is 11.3. The Morgan fingerprint density at radius 3 is 1.29 bits per heavy atom. The number of halogens is 6. The van der Waals surface area contributed by atoms with Crippen molar-refractivity contribution in [1.29, 1.82) is 0 Å². The monoisotopic (exact) mass is 502 g/mol. The Morgan fingerprint density at radius 1 is 0.543 bits per heavy atom. The molecule has 0 N–H and O–H groups in total. The van der Waals surface area contributed by atoms with Gasteiger partial charge in [0.25, 0.3) is 0 Å². The number of benzene rings is 2. The van der Waals surface area contributed by atoms with Crippen molar-refractivity contribution in [3.8, 4) is 0 Å². The van der Waals surface area contributed by atoms with Crippen molar-refractivity contribution >= 4 is 0 Å². The standard InChI is InChI=1S/C26H28F6O3/c27-19-13-23(29)21(24(30)14-19)17-34-11-7-3-1-5-9-33-10-6-2-4-8-12-35-18-22-25(31)15-20(28)16-26(22)32/h5-6,9-10,13-16H,1-4,7-8,11-12,17-18H2. The fourth-order valence-corrected chi connectivity index (χ4v) is 2.99. The van der Waals surface area contributed by atoms with Gasteiger partial charge in [-0.05, 0) is 50.7 Å². The molecule has 0 amide bonds. The van der Waals surface area contributed by atoms with Crippen LogP contribution in [-0.2, 0) is 27.4 Å². The second-order valence-corrected chi connectivity index (χ2v) is 7.67. The van der Waals surface area contributed by atoms with Crippen LogP contribution < -0.4 is 0 Å². The average molecular weight is 502 g/mol. The van der Waals surface area contributed by atoms with E-state index in [0.29, 0.717) is 50.3 Å². The van der Waals surface area contributed by atoms with Gasteiger partial charge in [0.05, 0.1) is 25.7 Å². The van der Waals surface area contributed by atoms with E-state index in [1.54, 1.807) is 12.5 Å². The second kappa shape index (κ2) is 16.0. The Kier molecular flexibility index (Phi) is 13.0. The third-order valence-corrected chi connectivity index (χ3v) is 4.87. The molecule has 2 aromatic carbocycles. The van der Waals surface area contributed by atoms with Crippen molar-refractivity contribution in [2.24, 2.45) is 0 Å². The van der Waals surface area contributed by atoms with Gasteiger partial charge >= 0.3 is 0 Å². The van der Waals surface area contributed by atoms with Crippen LogP contribution in [0.25, 0.3) is 0 Å². The van der Waals surface area contributed by atoms with E-state index in [0.717, 1.165) is 25.7 Å². The second-order valence-electron chi connectivity index (χ2n) is 7.67. The molecule has 0 unspecified atom stereocenters. The molecule has 0 aliphatic heterocycles. The number of ether oxygens (including phenoxy) is 3. The molecule has 0 aliphatic rings. The minimum atomic E-state index is -0.963. The van der Waals surface area contributed by atoms with Crippen LogP contribution in [0.1, 0.15) is 49.7 Å². The SMILES string of the molecule is Fc1cc(F)c(COCCCCC=COC=CCCCCOCc2c(F)cc(F)cc2F)c(F)c1. The molecule has 35 heavy (non-hydrogen) atoms. The molecule has 3 nitrogen and oxygen atoms in total. The third kappa shape index (κ3) is 11.0. The van der Waals surface area contributed by atoms with E-state index in [1.807, 2.05) is 12.2 Å². The summed E-state index contributed by atoms with van der Waals surface area (Å²) < 4.78 is 95.3. The molecule has 0 atom stereocenters. The van der Waals surface area contributed by atoms with E-state index in [2.05, 4.69) is 0 Å². The van der Waals surface area contributed by atoms with Crippen molar-refractivity contribution in [2.45, 2.75) is 51.7 Å². The van der Waals surface area contributed by atoms with Crippen LogP contribution in [0.3, 0.4) is 0 Å². The molecule has 0 saturated heterocycles. The van der Waals surface area contributed by atoms with Gasteiger partial charge < -0.3 is 14.2 Å². The van der Waals surface area contributed by atoms with Crippen LogP contribution in [0.5, 0.6) is 0 Å². The fraction of sp³-hybridized carbons (Fsp3) is 0.385. The van der Waals surface area contributed by atoms with Gasteiger partial charge in [0.1, 0.15) is 34.9 Å². The van der Waals surface area contributed by atoms with Crippen LogP contribution in [0, 0.1) is 34.9 Å². The van der Waals surface area contributed by atoms with Crippen molar-refractivity contribution in [3.63, 3.8) is 0 Å². The van der Waals surface area contributed by atoms with E-state index >= 15 is 0 Å². The van der Waals surface area contributed by atoms with Crippen molar-refractivity contribution in [2.75, 3.05) is 13.2 Å². The van der Waals surface area contributed by atoms with Gasteiger partial charge in [0.2, 0.25) is 0 Å². The average Bonchev–Trinajstić information content (AvgIpc) is 2.78. The number of rotatable bonds is 16. The van der Waals surface area contributed by atoms with Crippen LogP contribution in [0.2, 0.25) is 0 Å². The Labute approximate surface area is 201 Å². The Morgan fingerprint density at radius 2 is 0.914 bits per heavy atom. The molecule has 192 valence electrons. The molecule has 9 heteroatoms. The molecule has 2 rings (SSSR count). The van der Waals surface area contributed by atoms with Gasteiger partial charge in [0.15, 0.2) is 0 Å². The maximum Gasteiger partial charge on any atom is 0.134 e. The summed E-state index contributed by atoms with van der Waals surface area (Å²) in [5.41, 5.74) is -0.565. The molecule has 0 radical (unpaired) electrons. The Balaban J connectivity index is 1.42. The summed E-state index contributed by atoms with van der Waals surface area (Å²) >= 11 is 0. The lowest BCUT2D eigenvalue weighted by Crippen LogP contribution is -2.02. The normalized spacial score (nSPS) is 11.7. The van der Waals surface area contributed by atoms with Gasteiger partial charge in [0, 0.05) is 48.6 Å². The molecule has 0 fully saturated rings. The molecule has 2 aromatic rings. The minimum Gasteiger partial charge on any atom is -0.473 e. The number of unbranched alkanes of at least 4 members (excludes halogenated alkanes) is 4. The van der Waals surface area contributed by atoms with Crippen LogP contribution >= 0.6 is 0 Å². The minimum absolute atomic E-state index is 0.251. The number of hydrogen-bond donors (Lipinski definition) is 0. The number of allylic oxidation sites excluding steroid dienone is 2. The Bertz CT molecular complexity index is 854. The van der Waals surface area contributed by atoms with Gasteiger partial charge in [-0.25, -0.2) is 26.3 Å². The summed E-state index contributed by atoms with van der Waals surface area (Å²) in [6, 6.07) is 2.50. The van der Waals surface area contributed by atoms with Crippen LogP contribution in [0.15, 0.2) is 48.9 Å². The first-order chi connectivity index (χ1) is 16.9. The van der Waals surface area contributed by atoms with Crippen molar-refractivity contribution < 1.29 is 40.6 Å². The van der Waals surface area contributed by atoms with Crippen LogP contribution in [-0.4, -0.2) is 13.2 Å². The zero-order valence-corrected chi connectivity index (χ0v) is 19.2. The predicted octanol–water partition coefficient (Wildman–Crippen LogP) is 7.64. The highest BCUT2D eigenvalue weighted by Gasteiger charge is 2.12. The van der Waals surface area contributed by atoms with Gasteiger partial charge in [-0.1, -0.05) is 0 Å². The first-order valence-electron chi connectivity index (χ1n) is 11.3. The third-order valence-electron chi connectivity index (χ3n) is 4.87. The maximum absolute atomic E-state index is 13.5. The van der Waals surface area contributed by atoms with Crippen molar-refractivity contribution in [1.82, 2.24) is 0 Å². The molecule has 0 saturated carbocycles. The zero-order chi connectivity index (χ0) is 25.5. The van der Waals surface area contributed by atoms with E-state index in [4.69, 9.17) is 14.2 Å². The molecule has 0 aliphatic carbocycles. The lowest BCUT2D eigenvalue weighted by Gasteiger charge is -2.06.